The van der Waals surface area contributed by atoms with Gasteiger partial charge in [-0.3, -0.25) is 4.79 Å². The van der Waals surface area contributed by atoms with E-state index in [1.165, 1.54) is 6.08 Å². The van der Waals surface area contributed by atoms with Crippen LogP contribution in [0.3, 0.4) is 0 Å². The minimum atomic E-state index is -4.39. The number of nitrogens with one attached hydrogen (secondary N) is 2. The van der Waals surface area contributed by atoms with Gasteiger partial charge in [0.25, 0.3) is 0 Å². The second-order valence-electron chi connectivity index (χ2n) is 11.4. The molecule has 0 aromatic heterocycles. The smallest absolute Gasteiger partial charge is 0.416 e. The summed E-state index contributed by atoms with van der Waals surface area (Å²) in [6, 6.07) is -0.671. The molecular weight excluding hydrogens is 533 g/mol. The lowest BCUT2D eigenvalue weighted by Gasteiger charge is -2.32. The number of aliphatic hydroxyl groups excluding tert-OH is 1. The summed E-state index contributed by atoms with van der Waals surface area (Å²) in [7, 11) is 3.34. The van der Waals surface area contributed by atoms with Crippen LogP contribution in [-0.4, -0.2) is 61.5 Å². The molecule has 5 N–H and O–H groups in total. The van der Waals surface area contributed by atoms with Gasteiger partial charge in [0.2, 0.25) is 5.91 Å². The Balaban J connectivity index is 1.81. The Hall–Kier alpha value is -3.14. The first-order valence-corrected chi connectivity index (χ1v) is 14.2. The normalized spacial score (nSPS) is 26.1. The molecule has 3 unspecified atom stereocenters. The molecule has 0 radical (unpaired) electrons. The zero-order chi connectivity index (χ0) is 30.5. The number of nitrogens with two attached hydrogens (primary N) is 1. The van der Waals surface area contributed by atoms with Crippen LogP contribution in [0.4, 0.5) is 13.2 Å². The van der Waals surface area contributed by atoms with E-state index in [0.717, 1.165) is 42.6 Å². The molecule has 0 aromatic carbocycles. The molecule has 0 bridgehead atoms. The molecule has 1 fully saturated rings. The Bertz CT molecular complexity index is 1140. The van der Waals surface area contributed by atoms with E-state index in [1.807, 2.05) is 6.92 Å². The minimum absolute atomic E-state index is 0.0614. The van der Waals surface area contributed by atoms with Gasteiger partial charge in [-0.1, -0.05) is 24.3 Å². The third kappa shape index (κ3) is 7.58. The van der Waals surface area contributed by atoms with Gasteiger partial charge in [0.15, 0.2) is 0 Å². The molecule has 3 aliphatic rings. The second kappa shape index (κ2) is 13.7. The average molecular weight is 579 g/mol. The van der Waals surface area contributed by atoms with Gasteiger partial charge in [-0.25, -0.2) is 0 Å². The van der Waals surface area contributed by atoms with Gasteiger partial charge in [0.05, 0.1) is 19.3 Å². The van der Waals surface area contributed by atoms with Crippen molar-refractivity contribution in [2.24, 2.45) is 23.5 Å². The molecule has 7 nitrogen and oxygen atoms in total. The fraction of sp³-hybridized carbons (Fsp3) is 0.581. The highest BCUT2D eigenvalue weighted by molar-refractivity contribution is 5.78. The van der Waals surface area contributed by atoms with Gasteiger partial charge in [-0.15, -0.1) is 0 Å². The number of halogens is 3. The van der Waals surface area contributed by atoms with Crippen LogP contribution >= 0.6 is 0 Å². The first-order chi connectivity index (χ1) is 19.3. The van der Waals surface area contributed by atoms with E-state index in [0.29, 0.717) is 29.9 Å². The molecule has 0 heterocycles. The lowest BCUT2D eigenvalue weighted by atomic mass is 9.78. The fourth-order valence-electron chi connectivity index (χ4n) is 6.25. The minimum Gasteiger partial charge on any atom is -0.498 e. The number of hydrogen-bond donors (Lipinski definition) is 4. The predicted molar refractivity (Wildman–Crippen MR) is 155 cm³/mol. The van der Waals surface area contributed by atoms with Gasteiger partial charge in [0.1, 0.15) is 11.8 Å². The summed E-state index contributed by atoms with van der Waals surface area (Å²) >= 11 is 0. The van der Waals surface area contributed by atoms with Gasteiger partial charge >= 0.3 is 6.18 Å². The average Bonchev–Trinajstić information content (AvgIpc) is 3.29. The van der Waals surface area contributed by atoms with Gasteiger partial charge in [0, 0.05) is 54.6 Å². The Morgan fingerprint density at radius 2 is 1.98 bits per heavy atom. The third-order valence-corrected chi connectivity index (χ3v) is 8.51. The zero-order valence-electron chi connectivity index (χ0n) is 24.8. The van der Waals surface area contributed by atoms with Crippen molar-refractivity contribution < 1.29 is 27.8 Å². The van der Waals surface area contributed by atoms with Crippen molar-refractivity contribution in [3.05, 3.63) is 70.5 Å². The molecular formula is C31H45F3N4O3. The quantitative estimate of drug-likeness (QED) is 0.281. The highest BCUT2D eigenvalue weighted by atomic mass is 19.4. The number of likely N-dealkylation sites (N-methyl/N-ethyl adjacent to an activating group) is 1. The summed E-state index contributed by atoms with van der Waals surface area (Å²) in [6.45, 7) is 9.75. The molecule has 0 aliphatic heterocycles. The van der Waals surface area contributed by atoms with E-state index in [-0.39, 0.29) is 42.4 Å². The maximum absolute atomic E-state index is 13.6. The van der Waals surface area contributed by atoms with Crippen LogP contribution in [-0.2, 0) is 9.53 Å². The van der Waals surface area contributed by atoms with Crippen molar-refractivity contribution in [1.29, 1.82) is 0 Å². The number of aliphatic hydroxyl groups is 1. The summed E-state index contributed by atoms with van der Waals surface area (Å²) in [5, 5.41) is 15.9. The van der Waals surface area contributed by atoms with Crippen LogP contribution in [0.15, 0.2) is 70.5 Å². The van der Waals surface area contributed by atoms with Gasteiger partial charge < -0.3 is 31.1 Å². The van der Waals surface area contributed by atoms with E-state index in [4.69, 9.17) is 10.5 Å². The molecule has 0 spiro atoms. The van der Waals surface area contributed by atoms with Crippen molar-refractivity contribution in [3.8, 4) is 0 Å². The Kier molecular flexibility index (Phi) is 10.8. The number of carbonyl (C=O) groups is 1. The summed E-state index contributed by atoms with van der Waals surface area (Å²) in [4.78, 5) is 14.3. The largest absolute Gasteiger partial charge is 0.498 e. The van der Waals surface area contributed by atoms with Gasteiger partial charge in [-0.2, -0.15) is 13.2 Å². The number of carbonyl (C=O) groups excluding carboxylic acids is 1. The highest BCUT2D eigenvalue weighted by Crippen LogP contribution is 2.42. The van der Waals surface area contributed by atoms with E-state index in [1.54, 1.807) is 45.2 Å². The Morgan fingerprint density at radius 3 is 2.54 bits per heavy atom. The number of ether oxygens (including phenoxy) is 1. The summed E-state index contributed by atoms with van der Waals surface area (Å²) in [5.74, 6) is 0.577. The number of allylic oxidation sites excluding steroid dienone is 6. The first-order valence-electron chi connectivity index (χ1n) is 14.2. The molecule has 1 amide bonds. The number of rotatable bonds is 11. The standard InChI is InChI=1S/C31H45F3N4O3/c1-18(35)17-36-28-25(21(4)37-20(3)24-8-7-9-27(19(24)2)31(32,33)34)16-26(29(28)41-6)22-10-12-23(13-11-22)30(40)38(5)14-15-39/h7,9,16-17,20,22-24,28,36-37,39H,4,8,10-15,35H2,1-3,5-6H3/b18-17+. The van der Waals surface area contributed by atoms with Crippen LogP contribution in [0, 0.1) is 17.8 Å². The molecule has 3 atom stereocenters. The maximum atomic E-state index is 13.6. The topological polar surface area (TPSA) is 99.9 Å². The van der Waals surface area contributed by atoms with Crippen LogP contribution in [0.5, 0.6) is 0 Å². The third-order valence-electron chi connectivity index (χ3n) is 8.51. The van der Waals surface area contributed by atoms with Crippen molar-refractivity contribution in [1.82, 2.24) is 15.5 Å². The number of alkyl halides is 3. The van der Waals surface area contributed by atoms with Crippen molar-refractivity contribution >= 4 is 5.91 Å². The Morgan fingerprint density at radius 1 is 1.32 bits per heavy atom. The molecule has 0 aromatic rings. The second-order valence-corrected chi connectivity index (χ2v) is 11.4. The van der Waals surface area contributed by atoms with Crippen LogP contribution in [0.1, 0.15) is 52.9 Å². The molecule has 0 saturated heterocycles. The maximum Gasteiger partial charge on any atom is 0.416 e. The first kappa shape index (κ1) is 32.4. The van der Waals surface area contributed by atoms with Crippen molar-refractivity contribution in [2.75, 3.05) is 27.3 Å². The fourth-order valence-corrected chi connectivity index (χ4v) is 6.25. The predicted octanol–water partition coefficient (Wildman–Crippen LogP) is 4.81. The molecule has 3 rings (SSSR count). The number of hydrogen-bond acceptors (Lipinski definition) is 6. The SMILES string of the molecule is C=C(NC(C)C1CC=CC(C(F)(F)F)=C1C)C1=CC(C2CCC(C(=O)N(C)CCO)CC2)=C(OC)C1N/C=C(\C)N. The molecule has 10 heteroatoms. The Labute approximate surface area is 241 Å². The van der Waals surface area contributed by atoms with Crippen LogP contribution < -0.4 is 16.4 Å². The van der Waals surface area contributed by atoms with E-state index in [2.05, 4.69) is 23.3 Å². The number of amides is 1. The lowest BCUT2D eigenvalue weighted by Crippen LogP contribution is -2.38. The van der Waals surface area contributed by atoms with Gasteiger partial charge in [-0.05, 0) is 70.4 Å². The molecule has 228 valence electrons. The van der Waals surface area contributed by atoms with Crippen LogP contribution in [0.2, 0.25) is 0 Å². The lowest BCUT2D eigenvalue weighted by molar-refractivity contribution is -0.135. The summed E-state index contributed by atoms with van der Waals surface area (Å²) in [5.41, 5.74) is 8.71. The summed E-state index contributed by atoms with van der Waals surface area (Å²) < 4.78 is 46.6. The summed E-state index contributed by atoms with van der Waals surface area (Å²) in [6.07, 6.45) is 5.73. The molecule has 1 saturated carbocycles. The van der Waals surface area contributed by atoms with E-state index in [9.17, 15) is 23.1 Å². The van der Waals surface area contributed by atoms with Crippen molar-refractivity contribution in [3.63, 3.8) is 0 Å². The molecule has 41 heavy (non-hydrogen) atoms. The highest BCUT2D eigenvalue weighted by Gasteiger charge is 2.39. The molecule has 3 aliphatic carbocycles. The van der Waals surface area contributed by atoms with Crippen LogP contribution in [0.25, 0.3) is 0 Å². The van der Waals surface area contributed by atoms with E-state index >= 15 is 0 Å². The number of nitrogens with zero attached hydrogens (tertiary/aromatic N) is 1. The van der Waals surface area contributed by atoms with Crippen molar-refractivity contribution in [2.45, 2.75) is 71.1 Å². The van der Waals surface area contributed by atoms with E-state index < -0.39 is 11.7 Å². The zero-order valence-corrected chi connectivity index (χ0v) is 24.8. The monoisotopic (exact) mass is 578 g/mol. The number of methoxy groups -OCH3 is 1.